The molecule has 0 fully saturated rings. The summed E-state index contributed by atoms with van der Waals surface area (Å²) >= 11 is 0. The first-order valence-electron chi connectivity index (χ1n) is 16.7. The number of ketones is 1. The fraction of sp³-hybridized carbons (Fsp3) is 0.0227. The maximum atomic E-state index is 12.3. The molecule has 0 aliphatic heterocycles. The van der Waals surface area contributed by atoms with Crippen molar-refractivity contribution in [1.29, 1.82) is 0 Å². The molecule has 7 rings (SSSR count). The number of carbonyl (C=O) groups is 4. The van der Waals surface area contributed by atoms with Gasteiger partial charge in [-0.3, -0.25) is 9.59 Å². The lowest BCUT2D eigenvalue weighted by molar-refractivity contribution is -0.0000563. The molecule has 0 amide bonds. The molecule has 0 bridgehead atoms. The van der Waals surface area contributed by atoms with Gasteiger partial charge in [0.1, 0.15) is 39.9 Å². The highest BCUT2D eigenvalue weighted by Gasteiger charge is 2.21. The van der Waals surface area contributed by atoms with E-state index in [-0.39, 0.29) is 58.3 Å². The molecule has 0 unspecified atom stereocenters. The number of benzene rings is 6. The maximum Gasteiger partial charge on any atom is 0.368 e. The normalized spacial score (nSPS) is 9.98. The third-order valence-electron chi connectivity index (χ3n) is 7.78. The molecule has 13 heteroatoms. The molecule has 0 radical (unpaired) electrons. The van der Waals surface area contributed by atoms with Gasteiger partial charge in [0.15, 0.2) is 17.8 Å². The summed E-state index contributed by atoms with van der Waals surface area (Å²) in [6.45, 7) is 1.49. The maximum absolute atomic E-state index is 12.3. The summed E-state index contributed by atoms with van der Waals surface area (Å²) in [4.78, 5) is 45.7. The molecule has 5 N–H and O–H groups in total. The van der Waals surface area contributed by atoms with E-state index < -0.39 is 17.7 Å². The molecule has 0 atom stereocenters. The second-order valence-electron chi connectivity index (χ2n) is 11.8. The minimum atomic E-state index is -0.686. The van der Waals surface area contributed by atoms with Crippen LogP contribution in [0.5, 0.6) is 40.2 Å². The lowest BCUT2D eigenvalue weighted by atomic mass is 10.1. The van der Waals surface area contributed by atoms with Crippen LogP contribution in [0.2, 0.25) is 0 Å². The molecule has 0 saturated carbocycles. The average molecular weight is 789 g/mol. The molecule has 1 aromatic heterocycles. The summed E-state index contributed by atoms with van der Waals surface area (Å²) in [7, 11) is 0. The fourth-order valence-corrected chi connectivity index (χ4v) is 4.98. The summed E-state index contributed by atoms with van der Waals surface area (Å²) in [5.74, 6) is -1.12. The molecule has 57 heavy (non-hydrogen) atoms. The first-order valence-corrected chi connectivity index (χ1v) is 16.7. The van der Waals surface area contributed by atoms with Gasteiger partial charge in [0.05, 0.1) is 28.3 Å². The lowest BCUT2D eigenvalue weighted by Crippen LogP contribution is -3.00. The number of hydrogen-bond donors (Lipinski definition) is 5. The Bertz CT molecular complexity index is 2490. The van der Waals surface area contributed by atoms with Gasteiger partial charge in [0, 0.05) is 29.8 Å². The predicted molar refractivity (Wildman–Crippen MR) is 205 cm³/mol. The van der Waals surface area contributed by atoms with Crippen molar-refractivity contribution in [2.24, 2.45) is 0 Å². The van der Waals surface area contributed by atoms with Gasteiger partial charge in [0.2, 0.25) is 0 Å². The van der Waals surface area contributed by atoms with Gasteiger partial charge < -0.3 is 47.4 Å². The summed E-state index contributed by atoms with van der Waals surface area (Å²) in [6, 6.07) is 37.9. The summed E-state index contributed by atoms with van der Waals surface area (Å²) in [5.41, 5.74) is 2.27. The van der Waals surface area contributed by atoms with E-state index in [1.165, 1.54) is 31.2 Å². The third-order valence-corrected chi connectivity index (χ3v) is 7.78. The highest BCUT2D eigenvalue weighted by molar-refractivity contribution is 5.96. The summed E-state index contributed by atoms with van der Waals surface area (Å²) in [6.07, 6.45) is 0.350. The largest absolute Gasteiger partial charge is 1.00 e. The van der Waals surface area contributed by atoms with Crippen LogP contribution in [0.15, 0.2) is 150 Å². The molecule has 0 aliphatic carbocycles. The van der Waals surface area contributed by atoms with Crippen molar-refractivity contribution in [3.8, 4) is 51.6 Å². The number of aromatic hydroxyl groups is 5. The van der Waals surface area contributed by atoms with E-state index in [0.29, 0.717) is 39.7 Å². The SMILES string of the molecule is CC(=O)c1ccc(O)cc1.O=C(Oc1cc(O)cc2[o+]c(-c3ccc(O)cc3)ccc12)c1ccccc1.O=Cc1c(O)cc(O)cc1OC(=O)c1ccccc1.[Cl-]. The number of carbonyl (C=O) groups excluding carboxylic acids is 4. The highest BCUT2D eigenvalue weighted by atomic mass is 35.5. The Morgan fingerprint density at radius 3 is 1.56 bits per heavy atom. The fourth-order valence-electron chi connectivity index (χ4n) is 4.98. The molecule has 0 spiro atoms. The number of phenols is 5. The quantitative estimate of drug-likeness (QED) is 0.0432. The number of fused-ring (bicyclic) bond motifs is 1. The van der Waals surface area contributed by atoms with Gasteiger partial charge >= 0.3 is 23.3 Å². The Labute approximate surface area is 331 Å². The van der Waals surface area contributed by atoms with Crippen LogP contribution in [0.4, 0.5) is 0 Å². The van der Waals surface area contributed by atoms with Crippen LogP contribution in [0, 0.1) is 0 Å². The highest BCUT2D eigenvalue weighted by Crippen LogP contribution is 2.35. The Morgan fingerprint density at radius 1 is 0.544 bits per heavy atom. The van der Waals surface area contributed by atoms with Gasteiger partial charge in [-0.05, 0) is 85.8 Å². The monoisotopic (exact) mass is 788 g/mol. The number of Topliss-reactive ketones (excluding diaryl/α,β-unsaturated/α-hetero) is 1. The Morgan fingerprint density at radius 2 is 1.04 bits per heavy atom. The smallest absolute Gasteiger partial charge is 0.368 e. The molecule has 12 nitrogen and oxygen atoms in total. The van der Waals surface area contributed by atoms with Crippen LogP contribution in [-0.4, -0.2) is 49.5 Å². The number of halogens is 1. The first-order chi connectivity index (χ1) is 26.9. The van der Waals surface area contributed by atoms with Gasteiger partial charge in [-0.15, -0.1) is 0 Å². The van der Waals surface area contributed by atoms with Crippen molar-refractivity contribution < 1.29 is 71.0 Å². The van der Waals surface area contributed by atoms with E-state index >= 15 is 0 Å². The van der Waals surface area contributed by atoms with Crippen molar-refractivity contribution in [2.75, 3.05) is 0 Å². The lowest BCUT2D eigenvalue weighted by Gasteiger charge is -2.08. The van der Waals surface area contributed by atoms with E-state index in [1.807, 2.05) is 6.07 Å². The first kappa shape index (κ1) is 42.0. The van der Waals surface area contributed by atoms with Crippen LogP contribution in [0.1, 0.15) is 48.4 Å². The number of aldehydes is 1. The van der Waals surface area contributed by atoms with E-state index in [1.54, 1.807) is 103 Å². The number of hydrogen-bond acceptors (Lipinski definition) is 11. The third kappa shape index (κ3) is 11.4. The van der Waals surface area contributed by atoms with Crippen LogP contribution >= 0.6 is 0 Å². The van der Waals surface area contributed by atoms with E-state index in [0.717, 1.165) is 17.7 Å². The second kappa shape index (κ2) is 19.6. The van der Waals surface area contributed by atoms with Crippen molar-refractivity contribution in [3.63, 3.8) is 0 Å². The Kier molecular flexibility index (Phi) is 14.4. The van der Waals surface area contributed by atoms with Crippen LogP contribution in [0.25, 0.3) is 22.3 Å². The molecule has 1 heterocycles. The molecular formula is C44H33ClO12. The molecule has 0 saturated heterocycles. The van der Waals surface area contributed by atoms with Crippen LogP contribution in [-0.2, 0) is 0 Å². The number of rotatable bonds is 7. The summed E-state index contributed by atoms with van der Waals surface area (Å²) < 4.78 is 16.3. The second-order valence-corrected chi connectivity index (χ2v) is 11.8. The molecule has 6 aromatic carbocycles. The molecular weight excluding hydrogens is 756 g/mol. The molecule has 7 aromatic rings. The average Bonchev–Trinajstić information content (AvgIpc) is 3.19. The van der Waals surface area contributed by atoms with Gasteiger partial charge in [-0.25, -0.2) is 14.0 Å². The van der Waals surface area contributed by atoms with Gasteiger partial charge in [-0.1, -0.05) is 36.4 Å². The number of ether oxygens (including phenoxy) is 2. The van der Waals surface area contributed by atoms with Crippen molar-refractivity contribution in [1.82, 2.24) is 0 Å². The van der Waals surface area contributed by atoms with Crippen LogP contribution in [0.3, 0.4) is 0 Å². The van der Waals surface area contributed by atoms with Crippen molar-refractivity contribution >= 4 is 35.0 Å². The number of phenolic OH excluding ortho intramolecular Hbond substituents is 5. The molecule has 288 valence electrons. The standard InChI is InChI=1S/C22H14O5.C14H10O5.C8H8O2.ClH/c23-16-8-6-14(7-9-16)19-11-10-18-20(26-19)12-17(24)13-21(18)27-22(25)15-4-2-1-3-5-15;15-8-11-12(17)6-10(16)7-13(11)19-14(18)9-4-2-1-3-5-9;1-6(9)7-2-4-8(10)5-3-7;/h1-13H,(H-,23,24);1-8,16-17H;2-5,10H,1H3;1H. The summed E-state index contributed by atoms with van der Waals surface area (Å²) in [5, 5.41) is 47.6. The predicted octanol–water partition coefficient (Wildman–Crippen LogP) is 5.74. The van der Waals surface area contributed by atoms with Crippen molar-refractivity contribution in [2.45, 2.75) is 6.92 Å². The Balaban J connectivity index is 0.000000209. The zero-order chi connectivity index (χ0) is 40.2. The zero-order valence-corrected chi connectivity index (χ0v) is 30.7. The zero-order valence-electron chi connectivity index (χ0n) is 29.9. The van der Waals surface area contributed by atoms with E-state index in [4.69, 9.17) is 19.0 Å². The topological polar surface area (TPSA) is 199 Å². The van der Waals surface area contributed by atoms with Gasteiger partial charge in [-0.2, -0.15) is 0 Å². The van der Waals surface area contributed by atoms with Crippen molar-refractivity contribution in [3.05, 3.63) is 168 Å². The number of esters is 2. The van der Waals surface area contributed by atoms with E-state index in [9.17, 15) is 39.6 Å². The van der Waals surface area contributed by atoms with Crippen LogP contribution < -0.4 is 21.9 Å². The van der Waals surface area contributed by atoms with E-state index in [2.05, 4.69) is 0 Å². The molecule has 0 aliphatic rings. The minimum absolute atomic E-state index is 0. The minimum Gasteiger partial charge on any atom is -1.00 e. The Hall–Kier alpha value is -7.70. The van der Waals surface area contributed by atoms with Gasteiger partial charge in [0.25, 0.3) is 0 Å².